The van der Waals surface area contributed by atoms with Crippen molar-refractivity contribution in [3.05, 3.63) is 18.2 Å². The number of benzene rings is 1. The summed E-state index contributed by atoms with van der Waals surface area (Å²) in [6, 6.07) is 5.20. The Morgan fingerprint density at radius 1 is 1.21 bits per heavy atom. The molecule has 0 saturated carbocycles. The zero-order chi connectivity index (χ0) is 17.2. The maximum absolute atomic E-state index is 12.0. The molecule has 1 heterocycles. The quantitative estimate of drug-likeness (QED) is 0.723. The fraction of sp³-hybridized carbons (Fsp3) is 0.611. The molecule has 1 aromatic rings. The van der Waals surface area contributed by atoms with Crippen LogP contribution in [0.1, 0.15) is 39.5 Å². The Morgan fingerprint density at radius 2 is 1.96 bits per heavy atom. The average molecular weight is 336 g/mol. The number of nitrogens with one attached hydrogen (secondary N) is 2. The normalized spacial score (nSPS) is 16.7. The average Bonchev–Trinajstić information content (AvgIpc) is 3.11. The smallest absolute Gasteiger partial charge is 0.319 e. The van der Waals surface area contributed by atoms with E-state index in [9.17, 15) is 4.79 Å². The van der Waals surface area contributed by atoms with Gasteiger partial charge in [0.25, 0.3) is 0 Å². The number of ether oxygens (including phenoxy) is 3. The summed E-state index contributed by atoms with van der Waals surface area (Å²) in [5.41, 5.74) is 0.676. The number of amides is 2. The second-order valence-corrected chi connectivity index (χ2v) is 5.83. The Labute approximate surface area is 143 Å². The van der Waals surface area contributed by atoms with Gasteiger partial charge in [-0.1, -0.05) is 13.8 Å². The molecule has 1 aromatic carbocycles. The summed E-state index contributed by atoms with van der Waals surface area (Å²) in [6.45, 7) is 6.66. The van der Waals surface area contributed by atoms with Gasteiger partial charge in [0.05, 0.1) is 19.3 Å². The molecule has 0 aliphatic carbocycles. The summed E-state index contributed by atoms with van der Waals surface area (Å²) in [5, 5.41) is 5.66. The molecule has 6 heteroatoms. The highest BCUT2D eigenvalue weighted by Gasteiger charge is 2.16. The van der Waals surface area contributed by atoms with Crippen molar-refractivity contribution in [2.45, 2.75) is 45.6 Å². The molecule has 0 radical (unpaired) electrons. The van der Waals surface area contributed by atoms with Gasteiger partial charge in [-0.15, -0.1) is 0 Å². The van der Waals surface area contributed by atoms with E-state index in [4.69, 9.17) is 14.2 Å². The second kappa shape index (κ2) is 10.0. The first-order valence-electron chi connectivity index (χ1n) is 8.79. The molecule has 1 fully saturated rings. The first kappa shape index (κ1) is 18.4. The lowest BCUT2D eigenvalue weighted by molar-refractivity contribution is 0.112. The highest BCUT2D eigenvalue weighted by molar-refractivity contribution is 5.89. The molecule has 24 heavy (non-hydrogen) atoms. The largest absolute Gasteiger partial charge is 0.490 e. The third-order valence-corrected chi connectivity index (χ3v) is 3.64. The molecule has 1 atom stereocenters. The minimum atomic E-state index is -0.242. The van der Waals surface area contributed by atoms with E-state index in [0.29, 0.717) is 36.9 Å². The molecule has 1 aliphatic rings. The van der Waals surface area contributed by atoms with Gasteiger partial charge in [0.2, 0.25) is 0 Å². The van der Waals surface area contributed by atoms with Crippen LogP contribution in [0.2, 0.25) is 0 Å². The van der Waals surface area contributed by atoms with E-state index < -0.39 is 0 Å². The molecule has 6 nitrogen and oxygen atoms in total. The number of carbonyl (C=O) groups excluding carboxylic acids is 1. The topological polar surface area (TPSA) is 68.8 Å². The summed E-state index contributed by atoms with van der Waals surface area (Å²) in [5.74, 6) is 1.36. The van der Waals surface area contributed by atoms with Crippen molar-refractivity contribution in [2.24, 2.45) is 0 Å². The number of urea groups is 1. The molecule has 0 bridgehead atoms. The standard InChI is InChI=1S/C18H28N2O4/c1-3-9-23-16-8-7-14(12-17(16)24-10-4-2)20-18(21)19-13-15-6-5-11-22-15/h7-8,12,15H,3-6,9-11,13H2,1-2H3,(H2,19,20,21). The molecule has 2 rings (SSSR count). The van der Waals surface area contributed by atoms with Crippen LogP contribution in [-0.2, 0) is 4.74 Å². The van der Waals surface area contributed by atoms with Gasteiger partial charge in [-0.2, -0.15) is 0 Å². The Hall–Kier alpha value is -1.95. The lowest BCUT2D eigenvalue weighted by Gasteiger charge is -2.15. The summed E-state index contributed by atoms with van der Waals surface area (Å²) in [6.07, 6.45) is 4.03. The summed E-state index contributed by atoms with van der Waals surface area (Å²) in [7, 11) is 0. The van der Waals surface area contributed by atoms with Crippen LogP contribution in [0.3, 0.4) is 0 Å². The maximum Gasteiger partial charge on any atom is 0.319 e. The minimum Gasteiger partial charge on any atom is -0.490 e. The molecule has 0 spiro atoms. The van der Waals surface area contributed by atoms with Gasteiger partial charge < -0.3 is 24.8 Å². The van der Waals surface area contributed by atoms with Gasteiger partial charge >= 0.3 is 6.03 Å². The summed E-state index contributed by atoms with van der Waals surface area (Å²) in [4.78, 5) is 12.0. The van der Waals surface area contributed by atoms with Crippen LogP contribution >= 0.6 is 0 Å². The van der Waals surface area contributed by atoms with Gasteiger partial charge in [0, 0.05) is 24.9 Å². The predicted octanol–water partition coefficient (Wildman–Crippen LogP) is 3.56. The SMILES string of the molecule is CCCOc1ccc(NC(=O)NCC2CCCO2)cc1OCCC. The van der Waals surface area contributed by atoms with E-state index in [0.717, 1.165) is 32.3 Å². The molecule has 2 N–H and O–H groups in total. The van der Waals surface area contributed by atoms with Crippen molar-refractivity contribution < 1.29 is 19.0 Å². The molecule has 2 amide bonds. The lowest BCUT2D eigenvalue weighted by Crippen LogP contribution is -2.35. The third kappa shape index (κ3) is 5.92. The van der Waals surface area contributed by atoms with Crippen LogP contribution in [0.4, 0.5) is 10.5 Å². The van der Waals surface area contributed by atoms with E-state index in [1.54, 1.807) is 6.07 Å². The molecule has 0 aromatic heterocycles. The summed E-state index contributed by atoms with van der Waals surface area (Å²) >= 11 is 0. The van der Waals surface area contributed by atoms with Crippen LogP contribution in [0.25, 0.3) is 0 Å². The van der Waals surface area contributed by atoms with E-state index in [2.05, 4.69) is 17.6 Å². The van der Waals surface area contributed by atoms with E-state index in [-0.39, 0.29) is 12.1 Å². The van der Waals surface area contributed by atoms with Crippen molar-refractivity contribution in [3.63, 3.8) is 0 Å². The van der Waals surface area contributed by atoms with Crippen molar-refractivity contribution in [2.75, 3.05) is 31.7 Å². The monoisotopic (exact) mass is 336 g/mol. The zero-order valence-corrected chi connectivity index (χ0v) is 14.6. The predicted molar refractivity (Wildman–Crippen MR) is 94.0 cm³/mol. The summed E-state index contributed by atoms with van der Waals surface area (Å²) < 4.78 is 16.9. The number of rotatable bonds is 9. The molecule has 1 unspecified atom stereocenters. The Bertz CT molecular complexity index is 516. The molecule has 1 aliphatic heterocycles. The maximum atomic E-state index is 12.0. The minimum absolute atomic E-state index is 0.129. The Balaban J connectivity index is 1.91. The fourth-order valence-electron chi connectivity index (χ4n) is 2.43. The Kier molecular flexibility index (Phi) is 7.68. The van der Waals surface area contributed by atoms with E-state index >= 15 is 0 Å². The number of hydrogen-bond donors (Lipinski definition) is 2. The Morgan fingerprint density at radius 3 is 2.62 bits per heavy atom. The van der Waals surface area contributed by atoms with E-state index in [1.165, 1.54) is 0 Å². The molecule has 1 saturated heterocycles. The highest BCUT2D eigenvalue weighted by atomic mass is 16.5. The van der Waals surface area contributed by atoms with E-state index in [1.807, 2.05) is 19.1 Å². The van der Waals surface area contributed by atoms with Crippen LogP contribution in [-0.4, -0.2) is 38.5 Å². The number of anilines is 1. The van der Waals surface area contributed by atoms with Gasteiger partial charge in [-0.05, 0) is 37.8 Å². The van der Waals surface area contributed by atoms with Gasteiger partial charge in [0.15, 0.2) is 11.5 Å². The fourth-order valence-corrected chi connectivity index (χ4v) is 2.43. The third-order valence-electron chi connectivity index (χ3n) is 3.64. The van der Waals surface area contributed by atoms with Gasteiger partial charge in [0.1, 0.15) is 0 Å². The van der Waals surface area contributed by atoms with Crippen molar-refractivity contribution in [1.29, 1.82) is 0 Å². The second-order valence-electron chi connectivity index (χ2n) is 5.83. The van der Waals surface area contributed by atoms with Crippen LogP contribution < -0.4 is 20.1 Å². The van der Waals surface area contributed by atoms with Crippen molar-refractivity contribution in [3.8, 4) is 11.5 Å². The highest BCUT2D eigenvalue weighted by Crippen LogP contribution is 2.31. The first-order valence-corrected chi connectivity index (χ1v) is 8.79. The lowest BCUT2D eigenvalue weighted by atomic mass is 10.2. The van der Waals surface area contributed by atoms with Gasteiger partial charge in [-0.25, -0.2) is 4.79 Å². The number of hydrogen-bond acceptors (Lipinski definition) is 4. The van der Waals surface area contributed by atoms with Crippen molar-refractivity contribution >= 4 is 11.7 Å². The van der Waals surface area contributed by atoms with Crippen molar-refractivity contribution in [1.82, 2.24) is 5.32 Å². The molecule has 134 valence electrons. The molecular formula is C18H28N2O4. The van der Waals surface area contributed by atoms with Gasteiger partial charge in [-0.3, -0.25) is 0 Å². The first-order chi connectivity index (χ1) is 11.7. The molecular weight excluding hydrogens is 308 g/mol. The van der Waals surface area contributed by atoms with Crippen LogP contribution in [0.5, 0.6) is 11.5 Å². The van der Waals surface area contributed by atoms with Crippen LogP contribution in [0.15, 0.2) is 18.2 Å². The van der Waals surface area contributed by atoms with Crippen LogP contribution in [0, 0.1) is 0 Å². The zero-order valence-electron chi connectivity index (χ0n) is 14.6. The number of carbonyl (C=O) groups is 1.